The van der Waals surface area contributed by atoms with Crippen LogP contribution in [0.1, 0.15) is 65.7 Å². The van der Waals surface area contributed by atoms with E-state index in [2.05, 4.69) is 41.4 Å². The van der Waals surface area contributed by atoms with Crippen molar-refractivity contribution >= 4 is 46.5 Å². The van der Waals surface area contributed by atoms with Crippen molar-refractivity contribution in [1.29, 1.82) is 0 Å². The Labute approximate surface area is 290 Å². The number of thioether (sulfide) groups is 1. The van der Waals surface area contributed by atoms with Gasteiger partial charge in [-0.15, -0.1) is 0 Å². The van der Waals surface area contributed by atoms with Gasteiger partial charge < -0.3 is 20.1 Å². The molecule has 3 heterocycles. The van der Waals surface area contributed by atoms with E-state index in [1.807, 2.05) is 58.3 Å². The van der Waals surface area contributed by atoms with Gasteiger partial charge in [0.25, 0.3) is 5.82 Å². The van der Waals surface area contributed by atoms with Crippen LogP contribution in [0, 0.1) is 17.8 Å². The van der Waals surface area contributed by atoms with Gasteiger partial charge in [-0.2, -0.15) is 11.8 Å². The number of urea groups is 1. The summed E-state index contributed by atoms with van der Waals surface area (Å²) >= 11 is 1.85. The lowest BCUT2D eigenvalue weighted by Crippen LogP contribution is -2.37. The number of rotatable bonds is 12. The van der Waals surface area contributed by atoms with Crippen LogP contribution in [-0.2, 0) is 27.9 Å². The molecule has 0 bridgehead atoms. The molecule has 1 aromatic heterocycles. The molecule has 3 aliphatic rings. The summed E-state index contributed by atoms with van der Waals surface area (Å²) in [5, 5.41) is 10.1. The molecular weight excluding hydrogens is 643 g/mol. The van der Waals surface area contributed by atoms with E-state index in [0.717, 1.165) is 54.7 Å². The standard InChI is InChI=1S/C36H45N7O5S/c1-21(2)24-15-13-22(3)17-30(24)48-33(45)19-43-28-10-6-5-9-27(28)42(4)35(43)23-14-16-29(25(18-23)40-41-37)47-32(44)12-8-7-11-31-34-26(20-49-31)38-36(46)39-34/h5-6,9-10,14,16,18,21-22,24,26,30-31,34H,7-8,11-13,15,17,19-20H2,1-4H3,(H-,38,39,46)/p+1/t22-,24+,26+,30?,31?,34+/m1/s1. The number of carbonyl (C=O) groups is 3. The van der Waals surface area contributed by atoms with Crippen molar-refractivity contribution in [3.63, 3.8) is 0 Å². The van der Waals surface area contributed by atoms with Crippen molar-refractivity contribution in [1.82, 2.24) is 15.2 Å². The third-order valence-electron chi connectivity index (χ3n) is 10.3. The fourth-order valence-electron chi connectivity index (χ4n) is 7.78. The van der Waals surface area contributed by atoms with Crippen LogP contribution in [0.15, 0.2) is 47.6 Å². The average molecular weight is 689 g/mol. The van der Waals surface area contributed by atoms with Crippen molar-refractivity contribution < 1.29 is 28.4 Å². The first-order chi connectivity index (χ1) is 23.6. The second kappa shape index (κ2) is 15.1. The van der Waals surface area contributed by atoms with Crippen LogP contribution in [0.4, 0.5) is 10.5 Å². The highest BCUT2D eigenvalue weighted by molar-refractivity contribution is 8.00. The molecule has 2 saturated heterocycles. The SMILES string of the molecule is CC(C)[C@@H]1CC[C@@H](C)CC1OC(=O)Cn1c(-c2ccc(OC(=O)CCCCC3SC[C@@H]4NC(=O)N[C@H]34)c(N=[N+]=[N-])c2)[n+](C)c2ccccc21. The predicted molar refractivity (Wildman–Crippen MR) is 188 cm³/mol. The highest BCUT2D eigenvalue weighted by Gasteiger charge is 2.42. The molecule has 3 aromatic rings. The maximum atomic E-state index is 13.6. The first-order valence-corrected chi connectivity index (χ1v) is 18.4. The monoisotopic (exact) mass is 688 g/mol. The van der Waals surface area contributed by atoms with Gasteiger partial charge in [-0.05, 0) is 79.3 Å². The number of para-hydroxylation sites is 2. The number of nitrogens with one attached hydrogen (secondary N) is 2. The van der Waals surface area contributed by atoms with Gasteiger partial charge in [-0.3, -0.25) is 4.79 Å². The minimum atomic E-state index is -0.408. The summed E-state index contributed by atoms with van der Waals surface area (Å²) in [5.74, 6) is 2.39. The van der Waals surface area contributed by atoms with Crippen LogP contribution in [0.2, 0.25) is 0 Å². The van der Waals surface area contributed by atoms with Crippen LogP contribution >= 0.6 is 11.8 Å². The molecule has 0 radical (unpaired) electrons. The molecule has 2 aromatic carbocycles. The number of imidazole rings is 1. The molecule has 3 fully saturated rings. The largest absolute Gasteiger partial charge is 0.459 e. The number of aryl methyl sites for hydroxylation is 1. The topological polar surface area (TPSA) is 151 Å². The third-order valence-corrected chi connectivity index (χ3v) is 11.8. The van der Waals surface area contributed by atoms with Crippen LogP contribution < -0.4 is 19.9 Å². The van der Waals surface area contributed by atoms with Gasteiger partial charge in [0.15, 0.2) is 17.6 Å². The van der Waals surface area contributed by atoms with Crippen LogP contribution in [0.3, 0.4) is 0 Å². The Bertz CT molecular complexity index is 1770. The molecule has 13 heteroatoms. The molecule has 6 rings (SSSR count). The molecule has 2 aliphatic heterocycles. The lowest BCUT2D eigenvalue weighted by atomic mass is 9.75. The second-order valence-electron chi connectivity index (χ2n) is 14.0. The van der Waals surface area contributed by atoms with E-state index >= 15 is 0 Å². The number of unbranched alkanes of at least 4 members (excludes halogenated alkanes) is 1. The number of hydrogen-bond acceptors (Lipinski definition) is 7. The number of esters is 2. The number of amides is 2. The van der Waals surface area contributed by atoms with Crippen LogP contribution in [0.5, 0.6) is 5.75 Å². The smallest absolute Gasteiger partial charge is 0.348 e. The zero-order valence-electron chi connectivity index (χ0n) is 28.6. The summed E-state index contributed by atoms with van der Waals surface area (Å²) in [4.78, 5) is 41.1. The molecule has 2 N–H and O–H groups in total. The Morgan fingerprint density at radius 3 is 2.76 bits per heavy atom. The zero-order chi connectivity index (χ0) is 34.7. The second-order valence-corrected chi connectivity index (χ2v) is 15.3. The number of hydrogen-bond donors (Lipinski definition) is 2. The first-order valence-electron chi connectivity index (χ1n) is 17.4. The highest BCUT2D eigenvalue weighted by atomic mass is 32.2. The van der Waals surface area contributed by atoms with Crippen molar-refractivity contribution in [2.45, 2.75) is 95.7 Å². The lowest BCUT2D eigenvalue weighted by Gasteiger charge is -2.36. The Kier molecular flexibility index (Phi) is 10.7. The minimum Gasteiger partial charge on any atom is -0.459 e. The van der Waals surface area contributed by atoms with Crippen LogP contribution in [0.25, 0.3) is 32.9 Å². The molecule has 0 spiro atoms. The van der Waals surface area contributed by atoms with E-state index in [-0.39, 0.29) is 54.6 Å². The number of ether oxygens (including phenoxy) is 2. The van der Waals surface area contributed by atoms with E-state index in [1.54, 1.807) is 12.1 Å². The summed E-state index contributed by atoms with van der Waals surface area (Å²) in [6, 6.07) is 13.2. The number of aromatic nitrogens is 2. The van der Waals surface area contributed by atoms with Gasteiger partial charge in [0.2, 0.25) is 0 Å². The summed E-state index contributed by atoms with van der Waals surface area (Å²) in [6.07, 6.45) is 5.56. The Hall–Kier alpha value is -4.22. The van der Waals surface area contributed by atoms with E-state index < -0.39 is 5.97 Å². The summed E-state index contributed by atoms with van der Waals surface area (Å²) in [6.45, 7) is 6.63. The minimum absolute atomic E-state index is 0.0175. The van der Waals surface area contributed by atoms with E-state index in [1.165, 1.54) is 0 Å². The molecule has 260 valence electrons. The molecule has 1 saturated carbocycles. The van der Waals surface area contributed by atoms with E-state index in [4.69, 9.17) is 9.47 Å². The average Bonchev–Trinajstić information content (AvgIpc) is 3.71. The summed E-state index contributed by atoms with van der Waals surface area (Å²) < 4.78 is 15.8. The summed E-state index contributed by atoms with van der Waals surface area (Å²) in [5.41, 5.74) is 12.1. The highest BCUT2D eigenvalue weighted by Crippen LogP contribution is 2.37. The van der Waals surface area contributed by atoms with Crippen molar-refractivity contribution in [2.75, 3.05) is 5.75 Å². The van der Waals surface area contributed by atoms with Crippen LogP contribution in [-0.4, -0.2) is 51.7 Å². The van der Waals surface area contributed by atoms with Gasteiger partial charge in [0.05, 0.1) is 30.4 Å². The van der Waals surface area contributed by atoms with E-state index in [9.17, 15) is 19.9 Å². The molecule has 6 atom stereocenters. The maximum absolute atomic E-state index is 13.6. The number of azide groups is 1. The van der Waals surface area contributed by atoms with Gasteiger partial charge in [0.1, 0.15) is 11.9 Å². The van der Waals surface area contributed by atoms with Gasteiger partial charge in [-0.1, -0.05) is 50.9 Å². The number of carbonyl (C=O) groups excluding carboxylic acids is 3. The number of fused-ring (bicyclic) bond motifs is 2. The maximum Gasteiger partial charge on any atom is 0.348 e. The van der Waals surface area contributed by atoms with E-state index in [0.29, 0.717) is 35.0 Å². The summed E-state index contributed by atoms with van der Waals surface area (Å²) in [7, 11) is 1.93. The number of nitrogens with zero attached hydrogens (tertiary/aromatic N) is 5. The predicted octanol–water partition coefficient (Wildman–Crippen LogP) is 6.71. The van der Waals surface area contributed by atoms with Gasteiger partial charge >= 0.3 is 18.0 Å². The first kappa shape index (κ1) is 34.6. The quantitative estimate of drug-likeness (QED) is 0.0316. The molecule has 49 heavy (non-hydrogen) atoms. The van der Waals surface area contributed by atoms with Crippen molar-refractivity contribution in [3.8, 4) is 17.1 Å². The molecule has 1 aliphatic carbocycles. The van der Waals surface area contributed by atoms with Gasteiger partial charge in [-0.25, -0.2) is 18.7 Å². The molecule has 12 nitrogen and oxygen atoms in total. The fourth-order valence-corrected chi connectivity index (χ4v) is 9.32. The molecule has 2 amide bonds. The molecular formula is C36H46N7O5S+. The Balaban J connectivity index is 1.16. The Morgan fingerprint density at radius 1 is 1.14 bits per heavy atom. The third kappa shape index (κ3) is 7.68. The fraction of sp³-hybridized carbons (Fsp3) is 0.556. The Morgan fingerprint density at radius 2 is 1.96 bits per heavy atom. The normalized spacial score (nSPS) is 24.6. The lowest BCUT2D eigenvalue weighted by molar-refractivity contribution is -0.634. The molecule has 2 unspecified atom stereocenters. The van der Waals surface area contributed by atoms with Crippen molar-refractivity contribution in [3.05, 3.63) is 52.9 Å². The number of benzene rings is 2. The van der Waals surface area contributed by atoms with Gasteiger partial charge in [0, 0.05) is 22.3 Å². The zero-order valence-corrected chi connectivity index (χ0v) is 29.4. The van der Waals surface area contributed by atoms with Crippen molar-refractivity contribution in [2.24, 2.45) is 29.9 Å².